The molecule has 2 atom stereocenters. The summed E-state index contributed by atoms with van der Waals surface area (Å²) < 4.78 is 0. The van der Waals surface area contributed by atoms with Crippen molar-refractivity contribution in [3.63, 3.8) is 0 Å². The molecule has 0 spiro atoms. The smallest absolute Gasteiger partial charge is 0.220 e. The van der Waals surface area contributed by atoms with Gasteiger partial charge in [0, 0.05) is 6.42 Å². The summed E-state index contributed by atoms with van der Waals surface area (Å²) in [6, 6.07) is -0.641. The molecule has 0 bridgehead atoms. The minimum absolute atomic E-state index is 0.0700. The normalized spacial score (nSPS) is 13.4. The number of carbonyl (C=O) groups excluding carboxylic acids is 1. The number of unbranched alkanes of at least 4 members (excludes halogenated alkanes) is 38. The molecule has 0 fully saturated rings. The zero-order chi connectivity index (χ0) is 51.3. The van der Waals surface area contributed by atoms with Gasteiger partial charge in [0.25, 0.3) is 0 Å². The third-order valence-electron chi connectivity index (χ3n) is 14.1. The first-order chi connectivity index (χ1) is 35.2. The van der Waals surface area contributed by atoms with Crippen molar-refractivity contribution in [1.82, 2.24) is 5.32 Å². The summed E-state index contributed by atoms with van der Waals surface area (Å²) in [7, 11) is 0. The maximum Gasteiger partial charge on any atom is 0.220 e. The van der Waals surface area contributed by atoms with Crippen molar-refractivity contribution < 1.29 is 15.0 Å². The van der Waals surface area contributed by atoms with Crippen LogP contribution in [0.25, 0.3) is 0 Å². The van der Waals surface area contributed by atoms with Crippen LogP contribution in [0.5, 0.6) is 0 Å². The van der Waals surface area contributed by atoms with Crippen LogP contribution in [0.3, 0.4) is 0 Å². The van der Waals surface area contributed by atoms with E-state index in [0.717, 1.165) is 64.2 Å². The van der Waals surface area contributed by atoms with E-state index in [1.807, 2.05) is 6.08 Å². The third-order valence-corrected chi connectivity index (χ3v) is 14.1. The molecule has 0 aromatic heterocycles. The summed E-state index contributed by atoms with van der Waals surface area (Å²) in [5, 5.41) is 23.2. The van der Waals surface area contributed by atoms with Crippen LogP contribution >= 0.6 is 0 Å². The second-order valence-electron chi connectivity index (χ2n) is 21.1. The van der Waals surface area contributed by atoms with Crippen LogP contribution in [0.15, 0.2) is 85.1 Å². The summed E-state index contributed by atoms with van der Waals surface area (Å²) in [5.41, 5.74) is 0. The van der Waals surface area contributed by atoms with Gasteiger partial charge in [0.05, 0.1) is 18.8 Å². The Kier molecular flexibility index (Phi) is 59.8. The molecule has 0 aliphatic heterocycles. The standard InChI is InChI=1S/C67H121NO3/c1-3-5-7-9-11-13-15-17-19-21-23-25-26-27-28-29-30-31-32-33-34-35-36-37-38-39-40-41-42-43-45-47-49-51-53-55-57-59-61-63-67(71)68-65(64-69)66(70)62-60-58-56-54-52-50-48-46-44-24-22-20-18-16-14-12-10-8-6-4-2/h5,7,11,13,17,19,23,25,27-28,52,54,60,62,65-66,69-70H,3-4,6,8-10,12,14-16,18,20-22,24,26,29-51,53,55-59,61,63-64H2,1-2H3,(H,68,71)/b7-5-,13-11-,19-17-,25-23-,28-27-,54-52+,62-60+. The fraction of sp³-hybridized carbons (Fsp3) is 0.776. The van der Waals surface area contributed by atoms with Crippen molar-refractivity contribution in [1.29, 1.82) is 0 Å². The number of hydrogen-bond donors (Lipinski definition) is 3. The van der Waals surface area contributed by atoms with E-state index in [-0.39, 0.29) is 12.5 Å². The zero-order valence-electron chi connectivity index (χ0n) is 47.5. The molecule has 0 aliphatic carbocycles. The summed E-state index contributed by atoms with van der Waals surface area (Å²) in [6.45, 7) is 4.20. The number of hydrogen-bond acceptors (Lipinski definition) is 3. The Labute approximate surface area is 443 Å². The predicted molar refractivity (Wildman–Crippen MR) is 317 cm³/mol. The molecule has 4 nitrogen and oxygen atoms in total. The molecule has 0 aromatic carbocycles. The number of nitrogens with one attached hydrogen (secondary N) is 1. The molecule has 0 saturated heterocycles. The highest BCUT2D eigenvalue weighted by Gasteiger charge is 2.18. The number of amides is 1. The van der Waals surface area contributed by atoms with Gasteiger partial charge in [0.2, 0.25) is 5.91 Å². The van der Waals surface area contributed by atoms with E-state index in [2.05, 4.69) is 92.1 Å². The summed E-state index contributed by atoms with van der Waals surface area (Å²) >= 11 is 0. The highest BCUT2D eigenvalue weighted by atomic mass is 16.3. The maximum absolute atomic E-state index is 12.5. The van der Waals surface area contributed by atoms with E-state index < -0.39 is 12.1 Å². The number of aliphatic hydroxyl groups excluding tert-OH is 2. The Bertz CT molecular complexity index is 1260. The molecule has 0 aromatic rings. The van der Waals surface area contributed by atoms with Crippen molar-refractivity contribution in [3.8, 4) is 0 Å². The molecule has 1 amide bonds. The third kappa shape index (κ3) is 58.3. The fourth-order valence-corrected chi connectivity index (χ4v) is 9.40. The lowest BCUT2D eigenvalue weighted by molar-refractivity contribution is -0.123. The number of allylic oxidation sites excluding steroid dienone is 13. The fourth-order valence-electron chi connectivity index (χ4n) is 9.40. The first-order valence-electron chi connectivity index (χ1n) is 31.3. The van der Waals surface area contributed by atoms with Crippen molar-refractivity contribution >= 4 is 5.91 Å². The lowest BCUT2D eigenvalue weighted by atomic mass is 10.0. The van der Waals surface area contributed by atoms with Gasteiger partial charge in [-0.25, -0.2) is 0 Å². The Balaban J connectivity index is 3.46. The van der Waals surface area contributed by atoms with Gasteiger partial charge in [-0.1, -0.05) is 317 Å². The van der Waals surface area contributed by atoms with Gasteiger partial charge in [-0.15, -0.1) is 0 Å². The average molecular weight is 989 g/mol. The van der Waals surface area contributed by atoms with E-state index in [4.69, 9.17) is 0 Å². The quantitative estimate of drug-likeness (QED) is 0.0420. The topological polar surface area (TPSA) is 69.6 Å². The van der Waals surface area contributed by atoms with Crippen molar-refractivity contribution in [2.75, 3.05) is 6.61 Å². The second-order valence-corrected chi connectivity index (χ2v) is 21.1. The van der Waals surface area contributed by atoms with Crippen molar-refractivity contribution in [2.24, 2.45) is 0 Å². The van der Waals surface area contributed by atoms with Crippen LogP contribution in [-0.4, -0.2) is 34.9 Å². The van der Waals surface area contributed by atoms with Gasteiger partial charge in [-0.05, 0) is 77.0 Å². The van der Waals surface area contributed by atoms with E-state index in [0.29, 0.717) is 6.42 Å². The van der Waals surface area contributed by atoms with E-state index in [9.17, 15) is 15.0 Å². The molecule has 0 saturated carbocycles. The van der Waals surface area contributed by atoms with Crippen LogP contribution in [0.1, 0.15) is 316 Å². The van der Waals surface area contributed by atoms with Gasteiger partial charge in [0.1, 0.15) is 0 Å². The molecule has 71 heavy (non-hydrogen) atoms. The molecular formula is C67H121NO3. The van der Waals surface area contributed by atoms with Gasteiger partial charge < -0.3 is 15.5 Å². The highest BCUT2D eigenvalue weighted by molar-refractivity contribution is 5.76. The van der Waals surface area contributed by atoms with Crippen LogP contribution in [0, 0.1) is 0 Å². The molecule has 0 heterocycles. The SMILES string of the molecule is CC/C=C\C/C=C\C/C=C\C/C=C\C/C=C\CCCCCCCCCCCCCCCCCCCCCCCCCC(=O)NC(CO)C(O)/C=C/CC/C=C/CCCCCCCCCCCCCCCC. The Hall–Kier alpha value is -2.43. The molecule has 3 N–H and O–H groups in total. The molecule has 2 unspecified atom stereocenters. The van der Waals surface area contributed by atoms with Gasteiger partial charge in [0.15, 0.2) is 0 Å². The largest absolute Gasteiger partial charge is 0.394 e. The van der Waals surface area contributed by atoms with Gasteiger partial charge >= 0.3 is 0 Å². The molecule has 0 aliphatic rings. The maximum atomic E-state index is 12.5. The Morgan fingerprint density at radius 3 is 0.986 bits per heavy atom. The van der Waals surface area contributed by atoms with Gasteiger partial charge in [-0.2, -0.15) is 0 Å². The first kappa shape index (κ1) is 68.6. The molecule has 4 heteroatoms. The lowest BCUT2D eigenvalue weighted by Crippen LogP contribution is -2.45. The number of rotatable bonds is 57. The van der Waals surface area contributed by atoms with Crippen LogP contribution in [-0.2, 0) is 4.79 Å². The van der Waals surface area contributed by atoms with E-state index >= 15 is 0 Å². The summed E-state index contributed by atoms with van der Waals surface area (Å²) in [4.78, 5) is 12.5. The predicted octanol–water partition coefficient (Wildman–Crippen LogP) is 21.1. The zero-order valence-corrected chi connectivity index (χ0v) is 47.5. The Morgan fingerprint density at radius 1 is 0.352 bits per heavy atom. The Morgan fingerprint density at radius 2 is 0.634 bits per heavy atom. The van der Waals surface area contributed by atoms with Crippen LogP contribution in [0.4, 0.5) is 0 Å². The minimum atomic E-state index is -0.864. The molecule has 412 valence electrons. The monoisotopic (exact) mass is 988 g/mol. The summed E-state index contributed by atoms with van der Waals surface area (Å²) in [5.74, 6) is -0.0700. The average Bonchev–Trinajstić information content (AvgIpc) is 3.37. The lowest BCUT2D eigenvalue weighted by Gasteiger charge is -2.19. The van der Waals surface area contributed by atoms with Gasteiger partial charge in [-0.3, -0.25) is 4.79 Å². The number of carbonyl (C=O) groups is 1. The highest BCUT2D eigenvalue weighted by Crippen LogP contribution is 2.17. The molecular weight excluding hydrogens is 867 g/mol. The van der Waals surface area contributed by atoms with E-state index in [1.165, 1.54) is 231 Å². The van der Waals surface area contributed by atoms with Crippen molar-refractivity contribution in [2.45, 2.75) is 328 Å². The van der Waals surface area contributed by atoms with Crippen molar-refractivity contribution in [3.05, 3.63) is 85.1 Å². The first-order valence-corrected chi connectivity index (χ1v) is 31.3. The molecule has 0 radical (unpaired) electrons. The second kappa shape index (κ2) is 61.9. The van der Waals surface area contributed by atoms with E-state index in [1.54, 1.807) is 6.08 Å². The number of aliphatic hydroxyl groups is 2. The molecule has 0 rings (SSSR count). The summed E-state index contributed by atoms with van der Waals surface area (Å²) in [6.07, 6.45) is 90.7. The van der Waals surface area contributed by atoms with Crippen LogP contribution < -0.4 is 5.32 Å². The van der Waals surface area contributed by atoms with Crippen LogP contribution in [0.2, 0.25) is 0 Å². The minimum Gasteiger partial charge on any atom is -0.394 e.